The van der Waals surface area contributed by atoms with Gasteiger partial charge in [-0.15, -0.1) is 11.6 Å². The van der Waals surface area contributed by atoms with Gasteiger partial charge in [0.1, 0.15) is 5.82 Å². The monoisotopic (exact) mass is 257 g/mol. The summed E-state index contributed by atoms with van der Waals surface area (Å²) in [6.45, 7) is 5.90. The zero-order chi connectivity index (χ0) is 12.7. The Morgan fingerprint density at radius 1 is 1.41 bits per heavy atom. The molecule has 1 rings (SSSR count). The molecule has 17 heavy (non-hydrogen) atoms. The average molecular weight is 258 g/mol. The first-order valence-electron chi connectivity index (χ1n) is 6.15. The van der Waals surface area contributed by atoms with E-state index in [1.165, 1.54) is 6.07 Å². The molecule has 0 saturated carbocycles. The molecule has 0 spiro atoms. The summed E-state index contributed by atoms with van der Waals surface area (Å²) in [6.07, 6.45) is 2.28. The summed E-state index contributed by atoms with van der Waals surface area (Å²) in [5.74, 6) is 1.16. The molecule has 1 aromatic rings. The third-order valence-corrected chi connectivity index (χ3v) is 3.46. The molecule has 0 heterocycles. The first-order chi connectivity index (χ1) is 8.13. The van der Waals surface area contributed by atoms with Crippen LogP contribution < -0.4 is 5.32 Å². The quantitative estimate of drug-likeness (QED) is 0.577. The molecule has 1 nitrogen and oxygen atoms in total. The second-order valence-electron chi connectivity index (χ2n) is 4.65. The van der Waals surface area contributed by atoms with Crippen molar-refractivity contribution in [3.8, 4) is 0 Å². The maximum absolute atomic E-state index is 12.9. The van der Waals surface area contributed by atoms with Gasteiger partial charge in [-0.2, -0.15) is 0 Å². The average Bonchev–Trinajstić information content (AvgIpc) is 2.30. The van der Waals surface area contributed by atoms with Gasteiger partial charge >= 0.3 is 0 Å². The van der Waals surface area contributed by atoms with Crippen LogP contribution >= 0.6 is 11.6 Å². The van der Waals surface area contributed by atoms with Gasteiger partial charge in [0.05, 0.1) is 0 Å². The lowest BCUT2D eigenvalue weighted by atomic mass is 10.1. The molecule has 3 heteroatoms. The summed E-state index contributed by atoms with van der Waals surface area (Å²) in [6, 6.07) is 4.94. The van der Waals surface area contributed by atoms with E-state index >= 15 is 0 Å². The first-order valence-corrected chi connectivity index (χ1v) is 6.68. The highest BCUT2D eigenvalue weighted by Gasteiger charge is 2.01. The second-order valence-corrected chi connectivity index (χ2v) is 4.96. The van der Waals surface area contributed by atoms with E-state index in [1.807, 2.05) is 13.0 Å². The van der Waals surface area contributed by atoms with Gasteiger partial charge in [0, 0.05) is 12.4 Å². The molecule has 1 unspecified atom stereocenters. The van der Waals surface area contributed by atoms with Gasteiger partial charge < -0.3 is 5.32 Å². The normalized spacial score (nSPS) is 12.7. The number of alkyl halides is 1. The van der Waals surface area contributed by atoms with E-state index in [-0.39, 0.29) is 5.82 Å². The van der Waals surface area contributed by atoms with E-state index in [1.54, 1.807) is 6.07 Å². The smallest absolute Gasteiger partial charge is 0.123 e. The van der Waals surface area contributed by atoms with Gasteiger partial charge in [-0.1, -0.05) is 13.0 Å². The van der Waals surface area contributed by atoms with Gasteiger partial charge in [-0.25, -0.2) is 4.39 Å². The molecule has 1 aromatic carbocycles. The lowest BCUT2D eigenvalue weighted by molar-refractivity contribution is 0.531. The van der Waals surface area contributed by atoms with Gasteiger partial charge in [0.2, 0.25) is 0 Å². The fourth-order valence-electron chi connectivity index (χ4n) is 1.73. The summed E-state index contributed by atoms with van der Waals surface area (Å²) >= 11 is 5.74. The summed E-state index contributed by atoms with van der Waals surface area (Å²) in [7, 11) is 0. The van der Waals surface area contributed by atoms with Gasteiger partial charge in [0.25, 0.3) is 0 Å². The topological polar surface area (TPSA) is 12.0 Å². The summed E-state index contributed by atoms with van der Waals surface area (Å²) in [5.41, 5.74) is 2.17. The minimum absolute atomic E-state index is 0.165. The van der Waals surface area contributed by atoms with E-state index < -0.39 is 0 Å². The largest absolute Gasteiger partial charge is 0.313 e. The third-order valence-electron chi connectivity index (χ3n) is 2.93. The van der Waals surface area contributed by atoms with E-state index in [0.29, 0.717) is 5.92 Å². The Kier molecular flexibility index (Phi) is 6.53. The van der Waals surface area contributed by atoms with Crippen LogP contribution in [0, 0.1) is 18.7 Å². The molecule has 0 aliphatic heterocycles. The highest BCUT2D eigenvalue weighted by molar-refractivity contribution is 6.18. The van der Waals surface area contributed by atoms with Crippen LogP contribution in [0.3, 0.4) is 0 Å². The molecule has 0 aliphatic rings. The van der Waals surface area contributed by atoms with Gasteiger partial charge in [-0.3, -0.25) is 0 Å². The SMILES string of the molecule is Cc1cc(F)ccc1CNCCCC(C)CCl. The van der Waals surface area contributed by atoms with Crippen molar-refractivity contribution in [1.82, 2.24) is 5.32 Å². The van der Waals surface area contributed by atoms with E-state index in [9.17, 15) is 4.39 Å². The summed E-state index contributed by atoms with van der Waals surface area (Å²) in [5, 5.41) is 3.38. The van der Waals surface area contributed by atoms with Gasteiger partial charge in [0.15, 0.2) is 0 Å². The van der Waals surface area contributed by atoms with Gasteiger partial charge in [-0.05, 0) is 55.5 Å². The van der Waals surface area contributed by atoms with Crippen LogP contribution in [-0.2, 0) is 6.54 Å². The Balaban J connectivity index is 2.22. The van der Waals surface area contributed by atoms with Crippen LogP contribution in [-0.4, -0.2) is 12.4 Å². The number of rotatable bonds is 7. The third kappa shape index (κ3) is 5.51. The Morgan fingerprint density at radius 2 is 2.18 bits per heavy atom. The highest BCUT2D eigenvalue weighted by Crippen LogP contribution is 2.10. The second kappa shape index (κ2) is 7.67. The number of nitrogens with one attached hydrogen (secondary N) is 1. The zero-order valence-corrected chi connectivity index (χ0v) is 11.4. The number of hydrogen-bond donors (Lipinski definition) is 1. The molecule has 0 aliphatic carbocycles. The zero-order valence-electron chi connectivity index (χ0n) is 10.6. The molecule has 0 saturated heterocycles. The maximum Gasteiger partial charge on any atom is 0.123 e. The predicted octanol–water partition coefficient (Wildman–Crippen LogP) is 3.88. The number of aryl methyl sites for hydroxylation is 1. The fourth-order valence-corrected chi connectivity index (χ4v) is 1.89. The molecule has 0 amide bonds. The highest BCUT2D eigenvalue weighted by atomic mass is 35.5. The van der Waals surface area contributed by atoms with Crippen molar-refractivity contribution in [2.45, 2.75) is 33.2 Å². The van der Waals surface area contributed by atoms with Crippen LogP contribution in [0.4, 0.5) is 4.39 Å². The number of halogens is 2. The van der Waals surface area contributed by atoms with Crippen LogP contribution in [0.5, 0.6) is 0 Å². The van der Waals surface area contributed by atoms with Crippen LogP contribution in [0.1, 0.15) is 30.9 Å². The Morgan fingerprint density at radius 3 is 2.82 bits per heavy atom. The molecule has 0 fully saturated rings. The Hall–Kier alpha value is -0.600. The van der Waals surface area contributed by atoms with Crippen molar-refractivity contribution in [2.75, 3.05) is 12.4 Å². The molecular formula is C14H21ClFN. The van der Waals surface area contributed by atoms with Crippen LogP contribution in [0.25, 0.3) is 0 Å². The van der Waals surface area contributed by atoms with Crippen LogP contribution in [0.2, 0.25) is 0 Å². The molecule has 0 bridgehead atoms. The van der Waals surface area contributed by atoms with Crippen molar-refractivity contribution < 1.29 is 4.39 Å². The Bertz CT molecular complexity index is 341. The van der Waals surface area contributed by atoms with Crippen molar-refractivity contribution in [1.29, 1.82) is 0 Å². The standard InChI is InChI=1S/C14H21ClFN/c1-11(9-15)4-3-7-17-10-13-5-6-14(16)8-12(13)2/h5-6,8,11,17H,3-4,7,9-10H2,1-2H3. The minimum Gasteiger partial charge on any atom is -0.313 e. The van der Waals surface area contributed by atoms with Crippen LogP contribution in [0.15, 0.2) is 18.2 Å². The van der Waals surface area contributed by atoms with Crippen molar-refractivity contribution in [3.05, 3.63) is 35.1 Å². The molecular weight excluding hydrogens is 237 g/mol. The summed E-state index contributed by atoms with van der Waals surface area (Å²) in [4.78, 5) is 0. The van der Waals surface area contributed by atoms with Crippen molar-refractivity contribution in [2.24, 2.45) is 5.92 Å². The minimum atomic E-state index is -0.165. The number of hydrogen-bond acceptors (Lipinski definition) is 1. The Labute approximate surface area is 108 Å². The lowest BCUT2D eigenvalue weighted by Gasteiger charge is -2.09. The first kappa shape index (κ1) is 14.5. The molecule has 96 valence electrons. The fraction of sp³-hybridized carbons (Fsp3) is 0.571. The molecule has 1 atom stereocenters. The predicted molar refractivity (Wildman–Crippen MR) is 72.0 cm³/mol. The molecule has 1 N–H and O–H groups in total. The number of benzene rings is 1. The molecule has 0 radical (unpaired) electrons. The van der Waals surface area contributed by atoms with Crippen molar-refractivity contribution >= 4 is 11.6 Å². The molecule has 0 aromatic heterocycles. The van der Waals surface area contributed by atoms with Crippen molar-refractivity contribution in [3.63, 3.8) is 0 Å². The summed E-state index contributed by atoms with van der Waals surface area (Å²) < 4.78 is 12.9. The van der Waals surface area contributed by atoms with E-state index in [0.717, 1.165) is 42.9 Å². The maximum atomic E-state index is 12.9. The van der Waals surface area contributed by atoms with E-state index in [2.05, 4.69) is 12.2 Å². The van der Waals surface area contributed by atoms with E-state index in [4.69, 9.17) is 11.6 Å². The lowest BCUT2D eigenvalue weighted by Crippen LogP contribution is -2.16.